The number of benzene rings is 1. The molecule has 1 atom stereocenters. The molecule has 0 unspecified atom stereocenters. The van der Waals surface area contributed by atoms with E-state index in [0.717, 1.165) is 16.1 Å². The lowest BCUT2D eigenvalue weighted by molar-refractivity contribution is -0.140. The predicted molar refractivity (Wildman–Crippen MR) is 129 cm³/mol. The number of aliphatic carboxylic acids is 2. The summed E-state index contributed by atoms with van der Waals surface area (Å²) < 4.78 is 0. The number of carbonyl (C=O) groups is 3. The average molecular weight is 487 g/mol. The first-order valence-corrected chi connectivity index (χ1v) is 11.5. The van der Waals surface area contributed by atoms with Gasteiger partial charge in [-0.1, -0.05) is 0 Å². The normalized spacial score (nSPS) is 11.9. The number of rotatable bonds is 10. The minimum atomic E-state index is -1.29. The van der Waals surface area contributed by atoms with Crippen LogP contribution in [0.4, 0.5) is 5.00 Å². The largest absolute Gasteiger partial charge is 0.481 e. The molecule has 1 amide bonds. The van der Waals surface area contributed by atoms with E-state index >= 15 is 0 Å². The molecule has 0 aliphatic heterocycles. The average Bonchev–Trinajstić information content (AvgIpc) is 3.25. The van der Waals surface area contributed by atoms with Gasteiger partial charge in [0.1, 0.15) is 11.9 Å². The molecule has 180 valence electrons. The zero-order valence-corrected chi connectivity index (χ0v) is 19.9. The number of aromatic amines is 1. The smallest absolute Gasteiger partial charge is 0.326 e. The molecule has 3 rings (SSSR count). The second-order valence-electron chi connectivity index (χ2n) is 7.90. The molecule has 4 N–H and O–H groups in total. The molecule has 2 aromatic heterocycles. The summed E-state index contributed by atoms with van der Waals surface area (Å²) in [5.41, 5.74) is 2.37. The number of nitrogens with zero attached hydrogens (tertiary/aromatic N) is 2. The third kappa shape index (κ3) is 5.79. The Morgan fingerprint density at radius 1 is 1.21 bits per heavy atom. The number of amides is 1. The number of carboxylic acids is 2. The summed E-state index contributed by atoms with van der Waals surface area (Å²) in [4.78, 5) is 56.5. The fourth-order valence-corrected chi connectivity index (χ4v) is 4.52. The Morgan fingerprint density at radius 3 is 2.59 bits per heavy atom. The monoisotopic (exact) mass is 486 g/mol. The molecule has 1 aromatic carbocycles. The number of aryl methyl sites for hydroxylation is 2. The molecule has 0 saturated heterocycles. The fraction of sp³-hybridized carbons (Fsp3) is 0.348. The highest BCUT2D eigenvalue weighted by molar-refractivity contribution is 7.18. The topological polar surface area (TPSA) is 153 Å². The number of aromatic nitrogens is 2. The van der Waals surface area contributed by atoms with Crippen LogP contribution in [0.2, 0.25) is 0 Å². The first kappa shape index (κ1) is 24.9. The van der Waals surface area contributed by atoms with Crippen molar-refractivity contribution >= 4 is 45.1 Å². The SMILES string of the molecule is CCN(Cc1cc2c(=O)[nH]c(C)nc2cc1C)c1ccc(C(=O)N[C@@H](CCC(=O)O)C(=O)O)s1. The van der Waals surface area contributed by atoms with Crippen molar-refractivity contribution in [1.29, 1.82) is 0 Å². The second kappa shape index (κ2) is 10.5. The van der Waals surface area contributed by atoms with Crippen LogP contribution < -0.4 is 15.8 Å². The molecule has 0 saturated carbocycles. The number of anilines is 1. The molecule has 0 spiro atoms. The zero-order valence-electron chi connectivity index (χ0n) is 19.0. The van der Waals surface area contributed by atoms with E-state index in [1.807, 2.05) is 30.9 Å². The van der Waals surface area contributed by atoms with E-state index in [4.69, 9.17) is 5.11 Å². The number of thiophene rings is 1. The number of carboxylic acid groups (broad SMARTS) is 2. The minimum absolute atomic E-state index is 0.197. The lowest BCUT2D eigenvalue weighted by atomic mass is 10.0. The highest BCUT2D eigenvalue weighted by Gasteiger charge is 2.23. The Morgan fingerprint density at radius 2 is 1.94 bits per heavy atom. The van der Waals surface area contributed by atoms with Crippen molar-refractivity contribution in [3.63, 3.8) is 0 Å². The van der Waals surface area contributed by atoms with E-state index in [1.165, 1.54) is 11.3 Å². The first-order valence-electron chi connectivity index (χ1n) is 10.7. The third-order valence-corrected chi connectivity index (χ3v) is 6.55. The molecule has 2 heterocycles. The highest BCUT2D eigenvalue weighted by Crippen LogP contribution is 2.28. The van der Waals surface area contributed by atoms with Crippen molar-refractivity contribution in [1.82, 2.24) is 15.3 Å². The van der Waals surface area contributed by atoms with Gasteiger partial charge in [-0.3, -0.25) is 14.4 Å². The summed E-state index contributed by atoms with van der Waals surface area (Å²) >= 11 is 1.21. The molecule has 0 fully saturated rings. The van der Waals surface area contributed by atoms with Crippen LogP contribution in [0.25, 0.3) is 10.9 Å². The maximum Gasteiger partial charge on any atom is 0.326 e. The van der Waals surface area contributed by atoms with Crippen LogP contribution >= 0.6 is 11.3 Å². The molecule has 34 heavy (non-hydrogen) atoms. The predicted octanol–water partition coefficient (Wildman–Crippen LogP) is 2.68. The quantitative estimate of drug-likeness (QED) is 0.341. The van der Waals surface area contributed by atoms with Gasteiger partial charge in [-0.2, -0.15) is 0 Å². The van der Waals surface area contributed by atoms with Gasteiger partial charge in [0, 0.05) is 19.5 Å². The Balaban J connectivity index is 1.79. The number of nitrogens with one attached hydrogen (secondary N) is 2. The van der Waals surface area contributed by atoms with Crippen molar-refractivity contribution in [2.24, 2.45) is 0 Å². The maximum absolute atomic E-state index is 12.6. The van der Waals surface area contributed by atoms with Crippen molar-refractivity contribution in [2.45, 2.75) is 46.2 Å². The van der Waals surface area contributed by atoms with E-state index in [1.54, 1.807) is 19.1 Å². The summed E-state index contributed by atoms with van der Waals surface area (Å²) in [6.45, 7) is 6.80. The first-order chi connectivity index (χ1) is 16.1. The van der Waals surface area contributed by atoms with Crippen LogP contribution in [0.15, 0.2) is 29.1 Å². The van der Waals surface area contributed by atoms with Crippen molar-refractivity contribution in [3.8, 4) is 0 Å². The van der Waals surface area contributed by atoms with Gasteiger partial charge in [-0.15, -0.1) is 11.3 Å². The lowest BCUT2D eigenvalue weighted by Gasteiger charge is -2.22. The van der Waals surface area contributed by atoms with Crippen molar-refractivity contribution < 1.29 is 24.6 Å². The van der Waals surface area contributed by atoms with Gasteiger partial charge in [0.2, 0.25) is 0 Å². The molecular weight excluding hydrogens is 460 g/mol. The molecule has 0 bridgehead atoms. The summed E-state index contributed by atoms with van der Waals surface area (Å²) in [6, 6.07) is 5.83. The molecule has 0 aliphatic carbocycles. The number of H-pyrrole nitrogens is 1. The zero-order chi connectivity index (χ0) is 25.0. The molecule has 0 aliphatic rings. The Kier molecular flexibility index (Phi) is 7.67. The van der Waals surface area contributed by atoms with Gasteiger partial charge in [-0.25, -0.2) is 9.78 Å². The minimum Gasteiger partial charge on any atom is -0.481 e. The van der Waals surface area contributed by atoms with Crippen LogP contribution in [-0.2, 0) is 16.1 Å². The molecule has 3 aromatic rings. The summed E-state index contributed by atoms with van der Waals surface area (Å²) in [7, 11) is 0. The van der Waals surface area contributed by atoms with Gasteiger partial charge in [0.25, 0.3) is 11.5 Å². The Hall–Kier alpha value is -3.73. The van der Waals surface area contributed by atoms with E-state index in [9.17, 15) is 24.3 Å². The van der Waals surface area contributed by atoms with Crippen LogP contribution in [-0.4, -0.2) is 50.6 Å². The van der Waals surface area contributed by atoms with Crippen LogP contribution in [0.3, 0.4) is 0 Å². The van der Waals surface area contributed by atoms with Gasteiger partial charge >= 0.3 is 11.9 Å². The summed E-state index contributed by atoms with van der Waals surface area (Å²) in [5, 5.41) is 21.8. The van der Waals surface area contributed by atoms with Gasteiger partial charge in [-0.05, 0) is 62.6 Å². The lowest BCUT2D eigenvalue weighted by Crippen LogP contribution is -2.40. The number of hydrogen-bond acceptors (Lipinski definition) is 7. The Bertz CT molecular complexity index is 1300. The van der Waals surface area contributed by atoms with Crippen molar-refractivity contribution in [3.05, 3.63) is 56.4 Å². The number of hydrogen-bond donors (Lipinski definition) is 4. The fourth-order valence-electron chi connectivity index (χ4n) is 3.55. The van der Waals surface area contributed by atoms with Crippen LogP contribution in [0.5, 0.6) is 0 Å². The van der Waals surface area contributed by atoms with E-state index < -0.39 is 23.9 Å². The van der Waals surface area contributed by atoms with Gasteiger partial charge < -0.3 is 25.4 Å². The molecule has 10 nitrogen and oxygen atoms in total. The second-order valence-corrected chi connectivity index (χ2v) is 8.96. The third-order valence-electron chi connectivity index (χ3n) is 5.40. The maximum atomic E-state index is 12.6. The van der Waals surface area contributed by atoms with E-state index in [0.29, 0.717) is 34.7 Å². The van der Waals surface area contributed by atoms with Crippen molar-refractivity contribution in [2.75, 3.05) is 11.4 Å². The number of fused-ring (bicyclic) bond motifs is 1. The summed E-state index contributed by atoms with van der Waals surface area (Å²) in [5.74, 6) is -2.43. The summed E-state index contributed by atoms with van der Waals surface area (Å²) in [6.07, 6.45) is -0.565. The number of carbonyl (C=O) groups excluding carboxylic acids is 1. The van der Waals surface area contributed by atoms with E-state index in [2.05, 4.69) is 15.3 Å². The molecule has 0 radical (unpaired) electrons. The molecule has 11 heteroatoms. The van der Waals surface area contributed by atoms with E-state index in [-0.39, 0.29) is 18.4 Å². The van der Waals surface area contributed by atoms with Crippen LogP contribution in [0, 0.1) is 13.8 Å². The Labute approximate surface area is 199 Å². The highest BCUT2D eigenvalue weighted by atomic mass is 32.1. The standard InChI is InChI=1S/C23H26N4O6S/c1-4-27(11-14-10-15-17(9-12(14)2)24-13(3)25-21(15)30)19-7-6-18(34-19)22(31)26-16(23(32)33)5-8-20(28)29/h6-7,9-10,16H,4-5,8,11H2,1-3H3,(H,26,31)(H,28,29)(H,32,33)(H,24,25,30)/t16-/m0/s1. The van der Waals surface area contributed by atoms with Gasteiger partial charge in [0.15, 0.2) is 0 Å². The molecular formula is C23H26N4O6S. The van der Waals surface area contributed by atoms with Crippen LogP contribution in [0.1, 0.15) is 46.4 Å². The van der Waals surface area contributed by atoms with Gasteiger partial charge in [0.05, 0.1) is 20.8 Å².